The minimum atomic E-state index is -0.480. The van der Waals surface area contributed by atoms with E-state index in [0.717, 1.165) is 27.7 Å². The summed E-state index contributed by atoms with van der Waals surface area (Å²) in [5.41, 5.74) is 4.20. The number of fused-ring (bicyclic) bond motifs is 3. The lowest BCUT2D eigenvalue weighted by atomic mass is 9.92. The average Bonchev–Trinajstić information content (AvgIpc) is 3.22. The van der Waals surface area contributed by atoms with Crippen molar-refractivity contribution in [3.63, 3.8) is 0 Å². The first kappa shape index (κ1) is 22.3. The van der Waals surface area contributed by atoms with Crippen LogP contribution in [0.25, 0.3) is 10.9 Å². The van der Waals surface area contributed by atoms with Crippen molar-refractivity contribution >= 4 is 46.2 Å². The van der Waals surface area contributed by atoms with Crippen LogP contribution >= 0.6 is 23.2 Å². The molecule has 5 rings (SSSR count). The van der Waals surface area contributed by atoms with Gasteiger partial charge in [0.25, 0.3) is 0 Å². The number of carbonyl (C=O) groups is 2. The van der Waals surface area contributed by atoms with Crippen molar-refractivity contribution in [1.82, 2.24) is 9.88 Å². The Labute approximate surface area is 206 Å². The van der Waals surface area contributed by atoms with Gasteiger partial charge in [-0.05, 0) is 72.1 Å². The van der Waals surface area contributed by atoms with Crippen molar-refractivity contribution in [2.45, 2.75) is 12.5 Å². The van der Waals surface area contributed by atoms with Crippen LogP contribution in [0.2, 0.25) is 10.0 Å². The van der Waals surface area contributed by atoms with Crippen molar-refractivity contribution in [1.29, 1.82) is 0 Å². The number of hydrogen-bond acceptors (Lipinski definition) is 4. The number of benzene rings is 3. The predicted octanol–water partition coefficient (Wildman–Crippen LogP) is 6.41. The number of rotatable bonds is 3. The van der Waals surface area contributed by atoms with E-state index in [2.05, 4.69) is 4.98 Å². The van der Waals surface area contributed by atoms with Crippen LogP contribution in [-0.4, -0.2) is 35.6 Å². The van der Waals surface area contributed by atoms with Gasteiger partial charge >= 0.3 is 12.1 Å². The summed E-state index contributed by atoms with van der Waals surface area (Å²) in [6.45, 7) is 0.447. The van der Waals surface area contributed by atoms with E-state index < -0.39 is 18.1 Å². The van der Waals surface area contributed by atoms with Crippen LogP contribution in [0.1, 0.15) is 33.2 Å². The minimum absolute atomic E-state index is 0.406. The Hall–Kier alpha value is -3.48. The lowest BCUT2D eigenvalue weighted by molar-refractivity contribution is 0.0600. The van der Waals surface area contributed by atoms with Gasteiger partial charge in [0, 0.05) is 33.2 Å². The van der Waals surface area contributed by atoms with Crippen LogP contribution in [0.3, 0.4) is 0 Å². The summed E-state index contributed by atoms with van der Waals surface area (Å²) in [6.07, 6.45) is 0.161. The lowest BCUT2D eigenvalue weighted by Gasteiger charge is -2.35. The number of ether oxygens (including phenoxy) is 2. The number of methoxy groups -OCH3 is 1. The van der Waals surface area contributed by atoms with Gasteiger partial charge < -0.3 is 14.5 Å². The van der Waals surface area contributed by atoms with Crippen molar-refractivity contribution in [3.8, 4) is 5.75 Å². The Balaban J connectivity index is 1.57. The van der Waals surface area contributed by atoms with Gasteiger partial charge in [-0.1, -0.05) is 35.3 Å². The number of esters is 1. The molecule has 1 aliphatic rings. The number of H-pyrrole nitrogens is 1. The summed E-state index contributed by atoms with van der Waals surface area (Å²) in [5.74, 6) is -0.0152. The maximum Gasteiger partial charge on any atom is 0.416 e. The molecule has 0 saturated carbocycles. The van der Waals surface area contributed by atoms with E-state index in [0.29, 0.717) is 34.3 Å². The molecule has 3 aromatic carbocycles. The van der Waals surface area contributed by atoms with Crippen LogP contribution in [0.15, 0.2) is 66.7 Å². The maximum absolute atomic E-state index is 13.3. The van der Waals surface area contributed by atoms with Crippen LogP contribution in [0.5, 0.6) is 5.75 Å². The van der Waals surface area contributed by atoms with Gasteiger partial charge in [0.05, 0.1) is 12.7 Å². The van der Waals surface area contributed by atoms with E-state index in [1.807, 2.05) is 30.3 Å². The first-order valence-corrected chi connectivity index (χ1v) is 11.4. The summed E-state index contributed by atoms with van der Waals surface area (Å²) < 4.78 is 10.5. The largest absolute Gasteiger partial charge is 0.465 e. The molecule has 34 heavy (non-hydrogen) atoms. The third-order valence-corrected chi connectivity index (χ3v) is 6.48. The molecule has 1 N–H and O–H groups in total. The Morgan fingerprint density at radius 1 is 0.971 bits per heavy atom. The second kappa shape index (κ2) is 9.05. The molecule has 4 aromatic rings. The fraction of sp³-hybridized carbons (Fsp3) is 0.154. The highest BCUT2D eigenvalue weighted by Crippen LogP contribution is 2.39. The standard InChI is InChI=1S/C26H20Cl2N2O4/c1-33-25(31)16-4-2-15(3-5-16)24-23-20(21-14-18(28)8-11-22(21)29-23)12-13-30(24)26(32)34-19-9-6-17(27)7-10-19/h2-11,14,24,29H,12-13H2,1H3. The van der Waals surface area contributed by atoms with Gasteiger partial charge in [-0.25, -0.2) is 9.59 Å². The molecule has 1 unspecified atom stereocenters. The molecule has 1 amide bonds. The minimum Gasteiger partial charge on any atom is -0.465 e. The number of hydrogen-bond donors (Lipinski definition) is 1. The quantitative estimate of drug-likeness (QED) is 0.334. The fourth-order valence-corrected chi connectivity index (χ4v) is 4.68. The monoisotopic (exact) mass is 494 g/mol. The lowest BCUT2D eigenvalue weighted by Crippen LogP contribution is -2.42. The molecule has 0 aliphatic carbocycles. The average molecular weight is 495 g/mol. The van der Waals surface area contributed by atoms with Gasteiger partial charge in [0.1, 0.15) is 11.8 Å². The van der Waals surface area contributed by atoms with Crippen molar-refractivity contribution in [3.05, 3.63) is 99.2 Å². The molecule has 6 nitrogen and oxygen atoms in total. The van der Waals surface area contributed by atoms with Crippen LogP contribution in [-0.2, 0) is 11.2 Å². The topological polar surface area (TPSA) is 71.6 Å². The highest BCUT2D eigenvalue weighted by Gasteiger charge is 2.35. The summed E-state index contributed by atoms with van der Waals surface area (Å²) in [6, 6.07) is 18.9. The molecule has 1 atom stereocenters. The zero-order chi connectivity index (χ0) is 23.8. The molecule has 0 saturated heterocycles. The Bertz CT molecular complexity index is 1380. The number of nitrogens with one attached hydrogen (secondary N) is 1. The SMILES string of the molecule is COC(=O)c1ccc(C2c3[nH]c4ccc(Cl)cc4c3CCN2C(=O)Oc2ccc(Cl)cc2)cc1. The number of aromatic nitrogens is 1. The molecule has 1 aliphatic heterocycles. The van der Waals surface area contributed by atoms with Crippen LogP contribution in [0, 0.1) is 0 Å². The molecule has 2 heterocycles. The number of aromatic amines is 1. The smallest absolute Gasteiger partial charge is 0.416 e. The zero-order valence-corrected chi connectivity index (χ0v) is 19.7. The Morgan fingerprint density at radius 2 is 1.68 bits per heavy atom. The molecule has 1 aromatic heterocycles. The van der Waals surface area contributed by atoms with Gasteiger partial charge in [0.15, 0.2) is 0 Å². The summed E-state index contributed by atoms with van der Waals surface area (Å²) in [5, 5.41) is 2.24. The third kappa shape index (κ3) is 4.11. The van der Waals surface area contributed by atoms with Crippen molar-refractivity contribution < 1.29 is 19.1 Å². The van der Waals surface area contributed by atoms with Crippen LogP contribution < -0.4 is 4.74 Å². The Morgan fingerprint density at radius 3 is 2.38 bits per heavy atom. The highest BCUT2D eigenvalue weighted by atomic mass is 35.5. The summed E-state index contributed by atoms with van der Waals surface area (Å²) >= 11 is 12.2. The number of carbonyl (C=O) groups excluding carboxylic acids is 2. The first-order valence-electron chi connectivity index (χ1n) is 10.7. The number of nitrogens with zero attached hydrogens (tertiary/aromatic N) is 1. The van der Waals surface area contributed by atoms with E-state index >= 15 is 0 Å². The Kier molecular flexibility index (Phi) is 5.94. The van der Waals surface area contributed by atoms with Crippen molar-refractivity contribution in [2.75, 3.05) is 13.7 Å². The molecule has 172 valence electrons. The fourth-order valence-electron chi connectivity index (χ4n) is 4.39. The van der Waals surface area contributed by atoms with Gasteiger partial charge in [0.2, 0.25) is 0 Å². The number of amides is 1. The third-order valence-electron chi connectivity index (χ3n) is 5.99. The van der Waals surface area contributed by atoms with E-state index in [4.69, 9.17) is 32.7 Å². The normalized spacial score (nSPS) is 15.1. The van der Waals surface area contributed by atoms with Crippen molar-refractivity contribution in [2.24, 2.45) is 0 Å². The van der Waals surface area contributed by atoms with Crippen LogP contribution in [0.4, 0.5) is 4.79 Å². The van der Waals surface area contributed by atoms with E-state index in [9.17, 15) is 9.59 Å². The molecular formula is C26H20Cl2N2O4. The molecular weight excluding hydrogens is 475 g/mol. The second-order valence-electron chi connectivity index (χ2n) is 7.99. The van der Waals surface area contributed by atoms with Gasteiger partial charge in [-0.3, -0.25) is 4.90 Å². The van der Waals surface area contributed by atoms with E-state index in [1.165, 1.54) is 7.11 Å². The van der Waals surface area contributed by atoms with Gasteiger partial charge in [-0.15, -0.1) is 0 Å². The van der Waals surface area contributed by atoms with E-state index in [1.54, 1.807) is 41.3 Å². The highest BCUT2D eigenvalue weighted by molar-refractivity contribution is 6.31. The second-order valence-corrected chi connectivity index (χ2v) is 8.86. The maximum atomic E-state index is 13.3. The molecule has 0 fully saturated rings. The zero-order valence-electron chi connectivity index (χ0n) is 18.2. The first-order chi connectivity index (χ1) is 16.4. The summed E-state index contributed by atoms with van der Waals surface area (Å²) in [4.78, 5) is 30.4. The van der Waals surface area contributed by atoms with Gasteiger partial charge in [-0.2, -0.15) is 0 Å². The molecule has 0 bridgehead atoms. The molecule has 8 heteroatoms. The number of halogens is 2. The molecule has 0 radical (unpaired) electrons. The molecule has 0 spiro atoms. The predicted molar refractivity (Wildman–Crippen MR) is 131 cm³/mol. The summed E-state index contributed by atoms with van der Waals surface area (Å²) in [7, 11) is 1.34. The van der Waals surface area contributed by atoms with E-state index in [-0.39, 0.29) is 0 Å².